The Labute approximate surface area is 147 Å². The number of H-pyrrole nitrogens is 1. The van der Waals surface area contributed by atoms with Gasteiger partial charge in [0.1, 0.15) is 5.82 Å². The number of hydrogen-bond acceptors (Lipinski definition) is 3. The number of rotatable bonds is 4. The summed E-state index contributed by atoms with van der Waals surface area (Å²) in [6.45, 7) is 3.16. The van der Waals surface area contributed by atoms with Crippen molar-refractivity contribution in [2.45, 2.75) is 25.2 Å². The van der Waals surface area contributed by atoms with Gasteiger partial charge in [-0.3, -0.25) is 4.79 Å². The molecule has 4 nitrogen and oxygen atoms in total. The van der Waals surface area contributed by atoms with Crippen LogP contribution in [0.4, 0.5) is 0 Å². The highest BCUT2D eigenvalue weighted by Crippen LogP contribution is 2.27. The molecule has 1 aliphatic heterocycles. The smallest absolute Gasteiger partial charge is 0.258 e. The van der Waals surface area contributed by atoms with Crippen molar-refractivity contribution in [1.29, 1.82) is 0 Å². The zero-order valence-corrected chi connectivity index (χ0v) is 14.3. The molecule has 1 aliphatic rings. The van der Waals surface area contributed by atoms with Crippen LogP contribution in [0, 0.1) is 0 Å². The fraction of sp³-hybridized carbons (Fsp3) is 0.333. The first kappa shape index (κ1) is 16.0. The highest BCUT2D eigenvalue weighted by Gasteiger charge is 2.20. The molecule has 4 heteroatoms. The molecule has 0 bridgehead atoms. The second kappa shape index (κ2) is 7.19. The van der Waals surface area contributed by atoms with E-state index in [0.717, 1.165) is 37.4 Å². The maximum Gasteiger partial charge on any atom is 0.258 e. The number of aromatic nitrogens is 2. The molecule has 0 atom stereocenters. The summed E-state index contributed by atoms with van der Waals surface area (Å²) in [5.74, 6) is 1.46. The predicted octanol–water partition coefficient (Wildman–Crippen LogP) is 3.35. The summed E-state index contributed by atoms with van der Waals surface area (Å²) >= 11 is 0. The van der Waals surface area contributed by atoms with Crippen LogP contribution in [-0.2, 0) is 6.42 Å². The Balaban J connectivity index is 1.36. The van der Waals surface area contributed by atoms with Crippen molar-refractivity contribution < 1.29 is 0 Å². The number of fused-ring (bicyclic) bond motifs is 1. The maximum absolute atomic E-state index is 12.1. The number of nitrogens with zero attached hydrogens (tertiary/aromatic N) is 2. The van der Waals surface area contributed by atoms with E-state index in [1.165, 1.54) is 18.4 Å². The maximum atomic E-state index is 12.1. The van der Waals surface area contributed by atoms with Gasteiger partial charge in [0.05, 0.1) is 10.9 Å². The van der Waals surface area contributed by atoms with Crippen LogP contribution < -0.4 is 5.56 Å². The van der Waals surface area contributed by atoms with Crippen LogP contribution in [0.25, 0.3) is 10.9 Å². The van der Waals surface area contributed by atoms with Gasteiger partial charge in [-0.2, -0.15) is 0 Å². The third-order valence-corrected chi connectivity index (χ3v) is 5.19. The average Bonchev–Trinajstić information content (AvgIpc) is 2.68. The van der Waals surface area contributed by atoms with E-state index in [-0.39, 0.29) is 5.56 Å². The van der Waals surface area contributed by atoms with Gasteiger partial charge >= 0.3 is 0 Å². The van der Waals surface area contributed by atoms with E-state index in [1.54, 1.807) is 0 Å². The van der Waals surface area contributed by atoms with Gasteiger partial charge in [-0.05, 0) is 49.5 Å². The Kier molecular flexibility index (Phi) is 4.61. The summed E-state index contributed by atoms with van der Waals surface area (Å²) in [5, 5.41) is 0.662. The van der Waals surface area contributed by atoms with Gasteiger partial charge < -0.3 is 9.88 Å². The van der Waals surface area contributed by atoms with Crippen molar-refractivity contribution >= 4 is 10.9 Å². The van der Waals surface area contributed by atoms with Crippen LogP contribution in [0.15, 0.2) is 59.4 Å². The van der Waals surface area contributed by atoms with Gasteiger partial charge in [-0.1, -0.05) is 42.5 Å². The van der Waals surface area contributed by atoms with Crippen LogP contribution in [0.5, 0.6) is 0 Å². The van der Waals surface area contributed by atoms with E-state index < -0.39 is 0 Å². The molecule has 0 spiro atoms. The topological polar surface area (TPSA) is 49.0 Å². The molecule has 1 N–H and O–H groups in total. The van der Waals surface area contributed by atoms with Crippen LogP contribution in [0.1, 0.15) is 30.1 Å². The molecular weight excluding hydrogens is 310 g/mol. The molecule has 0 radical (unpaired) electrons. The molecule has 0 aliphatic carbocycles. The molecule has 128 valence electrons. The summed E-state index contributed by atoms with van der Waals surface area (Å²) in [5.41, 5.74) is 2.20. The number of benzene rings is 2. The SMILES string of the molecule is O=c1[nH]c(CCN2CCC(c3ccccc3)CC2)nc2ccccc12. The van der Waals surface area contributed by atoms with E-state index in [9.17, 15) is 4.79 Å². The lowest BCUT2D eigenvalue weighted by molar-refractivity contribution is 0.213. The van der Waals surface area contributed by atoms with Gasteiger partial charge in [-0.25, -0.2) is 4.98 Å². The summed E-state index contributed by atoms with van der Waals surface area (Å²) < 4.78 is 0. The van der Waals surface area contributed by atoms with E-state index in [0.29, 0.717) is 11.3 Å². The van der Waals surface area contributed by atoms with E-state index >= 15 is 0 Å². The molecular formula is C21H23N3O. The number of likely N-dealkylation sites (tertiary alicyclic amines) is 1. The zero-order valence-electron chi connectivity index (χ0n) is 14.3. The lowest BCUT2D eigenvalue weighted by Crippen LogP contribution is -2.34. The van der Waals surface area contributed by atoms with Crippen LogP contribution in [-0.4, -0.2) is 34.5 Å². The molecule has 2 aromatic carbocycles. The molecule has 0 unspecified atom stereocenters. The van der Waals surface area contributed by atoms with Crippen molar-refractivity contribution in [2.75, 3.05) is 19.6 Å². The lowest BCUT2D eigenvalue weighted by atomic mass is 9.89. The number of aromatic amines is 1. The highest BCUT2D eigenvalue weighted by atomic mass is 16.1. The standard InChI is InChI=1S/C21H23N3O/c25-21-18-8-4-5-9-19(18)22-20(23-21)12-15-24-13-10-17(11-14-24)16-6-2-1-3-7-16/h1-9,17H,10-15H2,(H,22,23,25). The Morgan fingerprint density at radius 2 is 1.72 bits per heavy atom. The molecule has 1 aromatic heterocycles. The highest BCUT2D eigenvalue weighted by molar-refractivity contribution is 5.77. The monoisotopic (exact) mass is 333 g/mol. The number of nitrogens with one attached hydrogen (secondary N) is 1. The first-order valence-corrected chi connectivity index (χ1v) is 9.05. The molecule has 1 fully saturated rings. The second-order valence-electron chi connectivity index (χ2n) is 6.81. The predicted molar refractivity (Wildman–Crippen MR) is 101 cm³/mol. The molecule has 0 amide bonds. The minimum absolute atomic E-state index is 0.0385. The van der Waals surface area contributed by atoms with Crippen molar-refractivity contribution in [1.82, 2.24) is 14.9 Å². The average molecular weight is 333 g/mol. The minimum atomic E-state index is -0.0385. The van der Waals surface area contributed by atoms with Gasteiger partial charge in [0.25, 0.3) is 5.56 Å². The Morgan fingerprint density at radius 1 is 1.00 bits per heavy atom. The van der Waals surface area contributed by atoms with Gasteiger partial charge in [0.2, 0.25) is 0 Å². The molecule has 1 saturated heterocycles. The van der Waals surface area contributed by atoms with Gasteiger partial charge in [-0.15, -0.1) is 0 Å². The van der Waals surface area contributed by atoms with E-state index in [4.69, 9.17) is 0 Å². The summed E-state index contributed by atoms with van der Waals surface area (Å²) in [6.07, 6.45) is 3.19. The van der Waals surface area contributed by atoms with Gasteiger partial charge in [0, 0.05) is 13.0 Å². The zero-order chi connectivity index (χ0) is 17.1. The van der Waals surface area contributed by atoms with Crippen molar-refractivity contribution in [3.05, 3.63) is 76.3 Å². The first-order valence-electron chi connectivity index (χ1n) is 9.05. The molecule has 3 aromatic rings. The largest absolute Gasteiger partial charge is 0.310 e. The molecule has 25 heavy (non-hydrogen) atoms. The van der Waals surface area contributed by atoms with Crippen molar-refractivity contribution in [3.63, 3.8) is 0 Å². The third kappa shape index (κ3) is 3.64. The van der Waals surface area contributed by atoms with Crippen LogP contribution >= 0.6 is 0 Å². The summed E-state index contributed by atoms with van der Waals surface area (Å²) in [7, 11) is 0. The number of piperidine rings is 1. The van der Waals surface area contributed by atoms with Crippen molar-refractivity contribution in [3.8, 4) is 0 Å². The fourth-order valence-electron chi connectivity index (χ4n) is 3.73. The number of hydrogen-bond donors (Lipinski definition) is 1. The van der Waals surface area contributed by atoms with E-state index in [2.05, 4.69) is 45.2 Å². The summed E-state index contributed by atoms with van der Waals surface area (Å²) in [4.78, 5) is 22.2. The Morgan fingerprint density at radius 3 is 2.52 bits per heavy atom. The van der Waals surface area contributed by atoms with E-state index in [1.807, 2.05) is 24.3 Å². The Bertz CT molecular complexity index is 896. The third-order valence-electron chi connectivity index (χ3n) is 5.19. The van der Waals surface area contributed by atoms with Gasteiger partial charge in [0.15, 0.2) is 0 Å². The Hall–Kier alpha value is -2.46. The normalized spacial score (nSPS) is 16.3. The van der Waals surface area contributed by atoms with Crippen LogP contribution in [0.3, 0.4) is 0 Å². The molecule has 4 rings (SSSR count). The minimum Gasteiger partial charge on any atom is -0.310 e. The summed E-state index contributed by atoms with van der Waals surface area (Å²) in [6, 6.07) is 18.3. The fourth-order valence-corrected chi connectivity index (χ4v) is 3.73. The second-order valence-corrected chi connectivity index (χ2v) is 6.81. The van der Waals surface area contributed by atoms with Crippen LogP contribution in [0.2, 0.25) is 0 Å². The first-order chi connectivity index (χ1) is 12.3. The van der Waals surface area contributed by atoms with Crippen molar-refractivity contribution in [2.24, 2.45) is 0 Å². The quantitative estimate of drug-likeness (QED) is 0.796. The molecule has 0 saturated carbocycles. The number of para-hydroxylation sites is 1. The molecule has 2 heterocycles. The lowest BCUT2D eigenvalue weighted by Gasteiger charge is -2.32.